The van der Waals surface area contributed by atoms with Gasteiger partial charge in [-0.3, -0.25) is 9.59 Å². The van der Waals surface area contributed by atoms with Crippen LogP contribution in [0.3, 0.4) is 0 Å². The highest BCUT2D eigenvalue weighted by molar-refractivity contribution is 7.12. The second-order valence-corrected chi connectivity index (χ2v) is 10.0. The highest BCUT2D eigenvalue weighted by Gasteiger charge is 2.23. The normalized spacial score (nSPS) is 10.6. The van der Waals surface area contributed by atoms with Gasteiger partial charge in [-0.1, -0.05) is 0 Å². The van der Waals surface area contributed by atoms with E-state index >= 15 is 0 Å². The average Bonchev–Trinajstić information content (AvgIpc) is 3.21. The summed E-state index contributed by atoms with van der Waals surface area (Å²) in [6.45, 7) is 7.85. The van der Waals surface area contributed by atoms with Gasteiger partial charge in [0.2, 0.25) is 0 Å². The van der Waals surface area contributed by atoms with Crippen LogP contribution < -0.4 is 10.6 Å². The van der Waals surface area contributed by atoms with Gasteiger partial charge in [-0.25, -0.2) is 9.59 Å². The number of aryl methyl sites for hydroxylation is 4. The maximum absolute atomic E-state index is 11.9. The first-order valence-corrected chi connectivity index (χ1v) is 11.0. The second kappa shape index (κ2) is 8.93. The number of thiophene rings is 2. The van der Waals surface area contributed by atoms with Gasteiger partial charge < -0.3 is 20.8 Å². The SMILES string of the molecule is Cc1cc(-c2cc(NC(=O)C(=O)O)c(NC(=O)C(=O)O)cc2-c2cc(C)sc2C)c(C)s1. The maximum Gasteiger partial charge on any atom is 0.394 e. The summed E-state index contributed by atoms with van der Waals surface area (Å²) in [5.74, 6) is -6.04. The van der Waals surface area contributed by atoms with Gasteiger partial charge in [-0.15, -0.1) is 22.7 Å². The van der Waals surface area contributed by atoms with Crippen molar-refractivity contribution in [3.05, 3.63) is 43.8 Å². The van der Waals surface area contributed by atoms with Crippen LogP contribution in [0.5, 0.6) is 0 Å². The summed E-state index contributed by atoms with van der Waals surface area (Å²) in [5.41, 5.74) is 3.21. The summed E-state index contributed by atoms with van der Waals surface area (Å²) >= 11 is 3.19. The lowest BCUT2D eigenvalue weighted by atomic mass is 9.93. The van der Waals surface area contributed by atoms with Gasteiger partial charge in [0.15, 0.2) is 0 Å². The molecule has 0 aliphatic rings. The Balaban J connectivity index is 2.32. The number of carboxylic acids is 2. The topological polar surface area (TPSA) is 133 Å². The fourth-order valence-electron chi connectivity index (χ4n) is 3.40. The molecule has 166 valence electrons. The molecule has 32 heavy (non-hydrogen) atoms. The van der Waals surface area contributed by atoms with Crippen LogP contribution in [0.2, 0.25) is 0 Å². The van der Waals surface area contributed by atoms with E-state index in [9.17, 15) is 19.2 Å². The van der Waals surface area contributed by atoms with E-state index in [1.54, 1.807) is 34.8 Å². The zero-order valence-corrected chi connectivity index (χ0v) is 19.3. The van der Waals surface area contributed by atoms with Crippen molar-refractivity contribution in [2.75, 3.05) is 10.6 Å². The van der Waals surface area contributed by atoms with Crippen molar-refractivity contribution >= 4 is 57.8 Å². The Morgan fingerprint density at radius 2 is 0.969 bits per heavy atom. The molecule has 4 N–H and O–H groups in total. The Bertz CT molecular complexity index is 1170. The number of amides is 2. The molecule has 0 fully saturated rings. The first-order valence-electron chi connectivity index (χ1n) is 9.39. The Kier molecular flexibility index (Phi) is 6.47. The summed E-state index contributed by atoms with van der Waals surface area (Å²) < 4.78 is 0. The molecular formula is C22H20N2O6S2. The van der Waals surface area contributed by atoms with Crippen molar-refractivity contribution in [2.24, 2.45) is 0 Å². The Hall–Kier alpha value is -3.50. The predicted octanol–water partition coefficient (Wildman–Crippen LogP) is 4.42. The first-order chi connectivity index (χ1) is 15.0. The number of carboxylic acid groups (broad SMARTS) is 2. The van der Waals surface area contributed by atoms with Gasteiger partial charge in [-0.05, 0) is 74.2 Å². The third-order valence-corrected chi connectivity index (χ3v) is 6.64. The molecule has 3 rings (SSSR count). The smallest absolute Gasteiger partial charge is 0.394 e. The number of hydrogen-bond donors (Lipinski definition) is 4. The zero-order valence-electron chi connectivity index (χ0n) is 17.7. The fourth-order valence-corrected chi connectivity index (χ4v) is 5.28. The molecule has 10 heteroatoms. The number of hydrogen-bond acceptors (Lipinski definition) is 6. The van der Waals surface area contributed by atoms with Gasteiger partial charge >= 0.3 is 23.8 Å². The Morgan fingerprint density at radius 3 is 1.22 bits per heavy atom. The number of nitrogens with one attached hydrogen (secondary N) is 2. The van der Waals surface area contributed by atoms with Crippen molar-refractivity contribution < 1.29 is 29.4 Å². The van der Waals surface area contributed by atoms with E-state index in [-0.39, 0.29) is 11.4 Å². The minimum absolute atomic E-state index is 0.0152. The van der Waals surface area contributed by atoms with Gasteiger partial charge in [-0.2, -0.15) is 0 Å². The molecule has 0 bridgehead atoms. The van der Waals surface area contributed by atoms with E-state index in [0.29, 0.717) is 0 Å². The van der Waals surface area contributed by atoms with Crippen LogP contribution in [-0.2, 0) is 19.2 Å². The highest BCUT2D eigenvalue weighted by atomic mass is 32.1. The van der Waals surface area contributed by atoms with Crippen LogP contribution in [0.4, 0.5) is 11.4 Å². The number of rotatable bonds is 4. The monoisotopic (exact) mass is 472 g/mol. The molecule has 2 aromatic heterocycles. The number of aliphatic carboxylic acids is 2. The van der Waals surface area contributed by atoms with Crippen molar-refractivity contribution in [1.29, 1.82) is 0 Å². The van der Waals surface area contributed by atoms with E-state index in [0.717, 1.165) is 41.8 Å². The molecule has 0 radical (unpaired) electrons. The van der Waals surface area contributed by atoms with Crippen LogP contribution in [0.15, 0.2) is 24.3 Å². The van der Waals surface area contributed by atoms with Crippen molar-refractivity contribution in [2.45, 2.75) is 27.7 Å². The lowest BCUT2D eigenvalue weighted by Gasteiger charge is -2.17. The molecule has 0 aliphatic carbocycles. The van der Waals surface area contributed by atoms with Crippen molar-refractivity contribution in [1.82, 2.24) is 0 Å². The summed E-state index contributed by atoms with van der Waals surface area (Å²) in [4.78, 5) is 50.1. The predicted molar refractivity (Wildman–Crippen MR) is 125 cm³/mol. The molecular weight excluding hydrogens is 452 g/mol. The summed E-state index contributed by atoms with van der Waals surface area (Å²) in [5, 5.41) is 22.5. The van der Waals surface area contributed by atoms with Crippen molar-refractivity contribution in [3.8, 4) is 22.3 Å². The lowest BCUT2D eigenvalue weighted by molar-refractivity contribution is -0.147. The largest absolute Gasteiger partial charge is 0.474 e. The molecule has 1 aromatic carbocycles. The lowest BCUT2D eigenvalue weighted by Crippen LogP contribution is -2.25. The molecule has 0 unspecified atom stereocenters. The van der Waals surface area contributed by atoms with Gasteiger partial charge in [0.1, 0.15) is 0 Å². The minimum atomic E-state index is -1.71. The Labute approximate surface area is 191 Å². The third kappa shape index (κ3) is 4.71. The molecule has 0 saturated carbocycles. The van der Waals surface area contributed by atoms with Crippen LogP contribution in [0, 0.1) is 27.7 Å². The number of anilines is 2. The minimum Gasteiger partial charge on any atom is -0.474 e. The van der Waals surface area contributed by atoms with Crippen molar-refractivity contribution in [3.63, 3.8) is 0 Å². The molecule has 2 amide bonds. The maximum atomic E-state index is 11.9. The molecule has 0 atom stereocenters. The van der Waals surface area contributed by atoms with Gasteiger partial charge in [0, 0.05) is 19.5 Å². The van der Waals surface area contributed by atoms with E-state index in [4.69, 9.17) is 10.2 Å². The highest BCUT2D eigenvalue weighted by Crippen LogP contribution is 2.44. The van der Waals surface area contributed by atoms with Crippen LogP contribution in [0.1, 0.15) is 19.5 Å². The first kappa shape index (κ1) is 23.2. The van der Waals surface area contributed by atoms with Gasteiger partial charge in [0.05, 0.1) is 11.4 Å². The molecule has 0 aliphatic heterocycles. The molecule has 0 spiro atoms. The molecule has 3 aromatic rings. The zero-order chi connectivity index (χ0) is 23.7. The molecule has 0 saturated heterocycles. The van der Waals surface area contributed by atoms with E-state index in [1.807, 2.05) is 39.8 Å². The van der Waals surface area contributed by atoms with Crippen LogP contribution in [-0.4, -0.2) is 34.0 Å². The summed E-state index contributed by atoms with van der Waals surface area (Å²) in [6, 6.07) is 7.11. The summed E-state index contributed by atoms with van der Waals surface area (Å²) in [6.07, 6.45) is 0. The standard InChI is InChI=1S/C22H20N2O6S2/c1-9-5-13(11(3)31-9)15-7-17(23-19(25)21(27)28)18(24-20(26)22(29)30)8-16(15)14-6-10(2)32-12(14)4/h5-8H,1-4H3,(H,23,25)(H,24,26)(H,27,28)(H,29,30). The average molecular weight is 473 g/mol. The summed E-state index contributed by atoms with van der Waals surface area (Å²) in [7, 11) is 0. The Morgan fingerprint density at radius 1 is 0.625 bits per heavy atom. The van der Waals surface area contributed by atoms with Crippen LogP contribution in [0.25, 0.3) is 22.3 Å². The van der Waals surface area contributed by atoms with Crippen LogP contribution >= 0.6 is 22.7 Å². The molecule has 8 nitrogen and oxygen atoms in total. The number of carbonyl (C=O) groups is 4. The quantitative estimate of drug-likeness (QED) is 0.416. The van der Waals surface area contributed by atoms with E-state index in [1.165, 1.54) is 0 Å². The van der Waals surface area contributed by atoms with E-state index < -0.39 is 23.8 Å². The fraction of sp³-hybridized carbons (Fsp3) is 0.182. The van der Waals surface area contributed by atoms with Gasteiger partial charge in [0.25, 0.3) is 0 Å². The third-order valence-electron chi connectivity index (χ3n) is 4.70. The number of carbonyl (C=O) groups excluding carboxylic acids is 2. The molecule has 2 heterocycles. The van der Waals surface area contributed by atoms with E-state index in [2.05, 4.69) is 10.6 Å². The second-order valence-electron chi connectivity index (χ2n) is 7.12. The number of benzene rings is 1.